The first-order valence-electron chi connectivity index (χ1n) is 9.16. The molecule has 0 bridgehead atoms. The molecule has 2 aliphatic heterocycles. The van der Waals surface area contributed by atoms with Crippen molar-refractivity contribution in [3.05, 3.63) is 29.8 Å². The molecule has 4 rings (SSSR count). The van der Waals surface area contributed by atoms with Crippen molar-refractivity contribution in [1.29, 1.82) is 0 Å². The lowest BCUT2D eigenvalue weighted by Gasteiger charge is -2.41. The Kier molecular flexibility index (Phi) is 4.46. The quantitative estimate of drug-likeness (QED) is 0.780. The number of ether oxygens (including phenoxy) is 2. The van der Waals surface area contributed by atoms with Gasteiger partial charge in [-0.1, -0.05) is 25.3 Å². The van der Waals surface area contributed by atoms with Gasteiger partial charge in [0.2, 0.25) is 5.91 Å². The normalized spacial score (nSPS) is 26.2. The Labute approximate surface area is 143 Å². The monoisotopic (exact) mass is 327 g/mol. The number of hydrogen-bond acceptors (Lipinski definition) is 3. The lowest BCUT2D eigenvalue weighted by molar-refractivity contribution is -0.128. The Morgan fingerprint density at radius 3 is 2.71 bits per heavy atom. The van der Waals surface area contributed by atoms with Gasteiger partial charge in [0.1, 0.15) is 13.2 Å². The van der Waals surface area contributed by atoms with Crippen molar-refractivity contribution in [2.45, 2.75) is 32.1 Å². The molecule has 0 N–H and O–H groups in total. The van der Waals surface area contributed by atoms with Gasteiger partial charge in [0.25, 0.3) is 0 Å². The number of likely N-dealkylation sites (tertiary alicyclic amines) is 1. The molecule has 0 spiro atoms. The lowest BCUT2D eigenvalue weighted by Crippen LogP contribution is -2.44. The van der Waals surface area contributed by atoms with Gasteiger partial charge in [-0.05, 0) is 48.4 Å². The Morgan fingerprint density at radius 1 is 1.04 bits per heavy atom. The highest BCUT2D eigenvalue weighted by Gasteiger charge is 2.32. The van der Waals surface area contributed by atoms with Crippen LogP contribution in [0.1, 0.15) is 37.7 Å². The summed E-state index contributed by atoms with van der Waals surface area (Å²) in [6.45, 7) is 3.02. The molecule has 128 valence electrons. The predicted octanol–water partition coefficient (Wildman–Crippen LogP) is 3.51. The molecule has 2 fully saturated rings. The maximum Gasteiger partial charge on any atom is 0.246 e. The molecule has 4 heteroatoms. The Morgan fingerprint density at radius 2 is 1.83 bits per heavy atom. The molecular formula is C20H25NO3. The number of carbonyl (C=O) groups excluding carboxylic acids is 1. The fraction of sp³-hybridized carbons (Fsp3) is 0.550. The van der Waals surface area contributed by atoms with Gasteiger partial charge in [-0.25, -0.2) is 0 Å². The van der Waals surface area contributed by atoms with E-state index in [-0.39, 0.29) is 5.91 Å². The third kappa shape index (κ3) is 3.28. The average molecular weight is 327 g/mol. The van der Waals surface area contributed by atoms with Crippen molar-refractivity contribution in [2.75, 3.05) is 26.3 Å². The molecule has 1 saturated carbocycles. The van der Waals surface area contributed by atoms with Crippen molar-refractivity contribution in [3.8, 4) is 11.5 Å². The topological polar surface area (TPSA) is 38.8 Å². The van der Waals surface area contributed by atoms with Crippen LogP contribution in [-0.4, -0.2) is 37.1 Å². The third-order valence-corrected chi connectivity index (χ3v) is 5.59. The van der Waals surface area contributed by atoms with Crippen molar-refractivity contribution in [1.82, 2.24) is 4.90 Å². The number of fused-ring (bicyclic) bond motifs is 2. The highest BCUT2D eigenvalue weighted by Crippen LogP contribution is 2.36. The number of benzene rings is 1. The SMILES string of the molecule is O=C(/C=C/c1ccc2c(c1)OCCO2)N1CC[C@@H]2CCCC[C@@H]2C1. The zero-order valence-corrected chi connectivity index (χ0v) is 14.1. The number of amides is 1. The van der Waals surface area contributed by atoms with Crippen molar-refractivity contribution >= 4 is 12.0 Å². The molecule has 1 saturated heterocycles. The summed E-state index contributed by atoms with van der Waals surface area (Å²) in [6.07, 6.45) is 10.1. The maximum atomic E-state index is 12.5. The molecular weight excluding hydrogens is 302 g/mol. The van der Waals surface area contributed by atoms with Crippen molar-refractivity contribution in [3.63, 3.8) is 0 Å². The first-order valence-corrected chi connectivity index (χ1v) is 9.16. The van der Waals surface area contributed by atoms with Crippen LogP contribution >= 0.6 is 0 Å². The summed E-state index contributed by atoms with van der Waals surface area (Å²) < 4.78 is 11.1. The van der Waals surface area contributed by atoms with Gasteiger partial charge in [0.05, 0.1) is 0 Å². The van der Waals surface area contributed by atoms with E-state index in [9.17, 15) is 4.79 Å². The van der Waals surface area contributed by atoms with E-state index in [1.165, 1.54) is 32.1 Å². The van der Waals surface area contributed by atoms with E-state index in [0.717, 1.165) is 42.0 Å². The summed E-state index contributed by atoms with van der Waals surface area (Å²) in [5.41, 5.74) is 0.972. The van der Waals surface area contributed by atoms with Crippen LogP contribution in [0.25, 0.3) is 6.08 Å². The number of piperidine rings is 1. The van der Waals surface area contributed by atoms with Gasteiger partial charge in [-0.15, -0.1) is 0 Å². The third-order valence-electron chi connectivity index (χ3n) is 5.59. The number of hydrogen-bond donors (Lipinski definition) is 0. The van der Waals surface area contributed by atoms with Gasteiger partial charge < -0.3 is 14.4 Å². The van der Waals surface area contributed by atoms with Crippen LogP contribution in [0.5, 0.6) is 11.5 Å². The molecule has 1 amide bonds. The second-order valence-electron chi connectivity index (χ2n) is 7.11. The smallest absolute Gasteiger partial charge is 0.246 e. The Hall–Kier alpha value is -1.97. The highest BCUT2D eigenvalue weighted by atomic mass is 16.6. The fourth-order valence-corrected chi connectivity index (χ4v) is 4.24. The van der Waals surface area contributed by atoms with E-state index in [1.807, 2.05) is 29.2 Å². The second-order valence-corrected chi connectivity index (χ2v) is 7.11. The Bertz CT molecular complexity index is 640. The van der Waals surface area contributed by atoms with Crippen LogP contribution in [0.4, 0.5) is 0 Å². The van der Waals surface area contributed by atoms with E-state index < -0.39 is 0 Å². The van der Waals surface area contributed by atoms with Gasteiger partial charge >= 0.3 is 0 Å². The van der Waals surface area contributed by atoms with Gasteiger partial charge in [-0.2, -0.15) is 0 Å². The summed E-state index contributed by atoms with van der Waals surface area (Å²) in [4.78, 5) is 14.5. The molecule has 3 aliphatic rings. The zero-order valence-electron chi connectivity index (χ0n) is 14.1. The largest absolute Gasteiger partial charge is 0.486 e. The van der Waals surface area contributed by atoms with Gasteiger partial charge in [-0.3, -0.25) is 4.79 Å². The molecule has 0 radical (unpaired) electrons. The summed E-state index contributed by atoms with van der Waals surface area (Å²) in [6, 6.07) is 5.81. The first kappa shape index (κ1) is 15.6. The number of carbonyl (C=O) groups is 1. The van der Waals surface area contributed by atoms with Crippen LogP contribution < -0.4 is 9.47 Å². The number of rotatable bonds is 2. The minimum absolute atomic E-state index is 0.133. The van der Waals surface area contributed by atoms with Crippen LogP contribution in [0.15, 0.2) is 24.3 Å². The molecule has 2 atom stereocenters. The fourth-order valence-electron chi connectivity index (χ4n) is 4.24. The van der Waals surface area contributed by atoms with Gasteiger partial charge in [0.15, 0.2) is 11.5 Å². The molecule has 0 aromatic heterocycles. The van der Waals surface area contributed by atoms with Crippen molar-refractivity contribution < 1.29 is 14.3 Å². The van der Waals surface area contributed by atoms with Crippen LogP contribution in [0.2, 0.25) is 0 Å². The summed E-state index contributed by atoms with van der Waals surface area (Å²) in [5, 5.41) is 0. The van der Waals surface area contributed by atoms with E-state index in [1.54, 1.807) is 6.08 Å². The molecule has 2 heterocycles. The van der Waals surface area contributed by atoms with E-state index in [2.05, 4.69) is 0 Å². The van der Waals surface area contributed by atoms with Crippen LogP contribution in [0, 0.1) is 11.8 Å². The summed E-state index contributed by atoms with van der Waals surface area (Å²) in [5.74, 6) is 3.25. The lowest BCUT2D eigenvalue weighted by atomic mass is 9.75. The molecule has 1 aromatic rings. The Balaban J connectivity index is 1.39. The standard InChI is InChI=1S/C20H25NO3/c22-20(21-10-9-16-3-1-2-4-17(16)14-21)8-6-15-5-7-18-19(13-15)24-12-11-23-18/h5-8,13,16-17H,1-4,9-12,14H2/b8-6+/t16-,17+/m0/s1. The molecule has 4 nitrogen and oxygen atoms in total. The van der Waals surface area contributed by atoms with Crippen LogP contribution in [-0.2, 0) is 4.79 Å². The first-order chi connectivity index (χ1) is 11.8. The van der Waals surface area contributed by atoms with E-state index >= 15 is 0 Å². The molecule has 1 aromatic carbocycles. The number of nitrogens with zero attached hydrogens (tertiary/aromatic N) is 1. The maximum absolute atomic E-state index is 12.5. The molecule has 0 unspecified atom stereocenters. The summed E-state index contributed by atoms with van der Waals surface area (Å²) in [7, 11) is 0. The highest BCUT2D eigenvalue weighted by molar-refractivity contribution is 5.92. The zero-order chi connectivity index (χ0) is 16.4. The second kappa shape index (κ2) is 6.88. The minimum Gasteiger partial charge on any atom is -0.486 e. The van der Waals surface area contributed by atoms with Gasteiger partial charge in [0, 0.05) is 19.2 Å². The van der Waals surface area contributed by atoms with Crippen molar-refractivity contribution in [2.24, 2.45) is 11.8 Å². The minimum atomic E-state index is 0.133. The summed E-state index contributed by atoms with van der Waals surface area (Å²) >= 11 is 0. The molecule has 1 aliphatic carbocycles. The average Bonchev–Trinajstić information content (AvgIpc) is 2.65. The predicted molar refractivity (Wildman–Crippen MR) is 93.1 cm³/mol. The van der Waals surface area contributed by atoms with E-state index in [0.29, 0.717) is 13.2 Å². The van der Waals surface area contributed by atoms with E-state index in [4.69, 9.17) is 9.47 Å². The molecule has 24 heavy (non-hydrogen) atoms. The van der Waals surface area contributed by atoms with Crippen LogP contribution in [0.3, 0.4) is 0 Å².